The number of hydrogen-bond donors (Lipinski definition) is 2. The highest BCUT2D eigenvalue weighted by molar-refractivity contribution is 7.71. The van der Waals surface area contributed by atoms with Gasteiger partial charge in [-0.15, -0.1) is 0 Å². The summed E-state index contributed by atoms with van der Waals surface area (Å²) in [5.74, 6) is -1.10. The number of aromatic amines is 1. The zero-order chi connectivity index (χ0) is 15.7. The van der Waals surface area contributed by atoms with Crippen LogP contribution in [0.15, 0.2) is 23.0 Å². The van der Waals surface area contributed by atoms with Crippen LogP contribution in [0.5, 0.6) is 0 Å². The molecule has 1 aromatic carbocycles. The van der Waals surface area contributed by atoms with Gasteiger partial charge in [-0.25, -0.2) is 0 Å². The number of aliphatic carboxylic acids is 1. The third-order valence-electron chi connectivity index (χ3n) is 2.90. The van der Waals surface area contributed by atoms with Crippen LogP contribution in [0.1, 0.15) is 11.3 Å². The lowest BCUT2D eigenvalue weighted by atomic mass is 10.1. The van der Waals surface area contributed by atoms with Gasteiger partial charge in [-0.3, -0.25) is 14.2 Å². The highest BCUT2D eigenvalue weighted by atomic mass is 35.5. The Kier molecular flexibility index (Phi) is 4.51. The second-order valence-electron chi connectivity index (χ2n) is 4.34. The molecule has 8 heteroatoms. The van der Waals surface area contributed by atoms with E-state index in [0.717, 1.165) is 0 Å². The lowest BCUT2D eigenvalue weighted by molar-refractivity contribution is -0.136. The van der Waals surface area contributed by atoms with Crippen LogP contribution in [0, 0.1) is 11.7 Å². The first-order valence-corrected chi connectivity index (χ1v) is 6.99. The van der Waals surface area contributed by atoms with Crippen LogP contribution in [-0.4, -0.2) is 20.6 Å². The molecule has 2 N–H and O–H groups in total. The molecule has 0 saturated carbocycles. The van der Waals surface area contributed by atoms with E-state index >= 15 is 0 Å². The van der Waals surface area contributed by atoms with E-state index < -0.39 is 17.9 Å². The van der Waals surface area contributed by atoms with E-state index in [1.165, 1.54) is 16.7 Å². The molecular formula is C13H10Cl2N2O3S. The summed E-state index contributed by atoms with van der Waals surface area (Å²) in [5, 5.41) is 9.52. The molecule has 0 saturated heterocycles. The molecule has 0 amide bonds. The highest BCUT2D eigenvalue weighted by Gasteiger charge is 2.14. The summed E-state index contributed by atoms with van der Waals surface area (Å²) in [7, 11) is 0. The van der Waals surface area contributed by atoms with Crippen molar-refractivity contribution in [2.75, 3.05) is 0 Å². The topological polar surface area (TPSA) is 75.1 Å². The first kappa shape index (κ1) is 15.8. The van der Waals surface area contributed by atoms with Crippen molar-refractivity contribution in [3.63, 3.8) is 0 Å². The van der Waals surface area contributed by atoms with E-state index in [9.17, 15) is 9.59 Å². The number of hydrogen-bond acceptors (Lipinski definition) is 3. The van der Waals surface area contributed by atoms with Crippen molar-refractivity contribution in [1.29, 1.82) is 0 Å². The van der Waals surface area contributed by atoms with Crippen LogP contribution in [0.3, 0.4) is 0 Å². The average Bonchev–Trinajstić information content (AvgIpc) is 2.38. The van der Waals surface area contributed by atoms with Crippen molar-refractivity contribution < 1.29 is 9.90 Å². The number of nitrogens with zero attached hydrogens (tertiary/aromatic N) is 1. The first-order valence-electron chi connectivity index (χ1n) is 5.83. The minimum absolute atomic E-state index is 0.141. The Morgan fingerprint density at radius 1 is 1.38 bits per heavy atom. The summed E-state index contributed by atoms with van der Waals surface area (Å²) in [6.07, 6.45) is -0.391. The van der Waals surface area contributed by atoms with Gasteiger partial charge in [-0.1, -0.05) is 23.2 Å². The van der Waals surface area contributed by atoms with Crippen LogP contribution in [0.4, 0.5) is 0 Å². The molecule has 0 aliphatic carbocycles. The number of carboxylic acids is 1. The molecule has 0 radical (unpaired) electrons. The minimum Gasteiger partial charge on any atom is -0.481 e. The number of aromatic nitrogens is 2. The van der Waals surface area contributed by atoms with E-state index in [-0.39, 0.29) is 15.4 Å². The third-order valence-corrected chi connectivity index (χ3v) is 3.92. The molecule has 21 heavy (non-hydrogen) atoms. The molecule has 2 aromatic rings. The molecule has 110 valence electrons. The lowest BCUT2D eigenvalue weighted by Crippen LogP contribution is -2.27. The van der Waals surface area contributed by atoms with E-state index in [1.54, 1.807) is 13.0 Å². The second kappa shape index (κ2) is 6.01. The number of H-pyrrole nitrogens is 1. The lowest BCUT2D eigenvalue weighted by Gasteiger charge is -2.11. The molecular weight excluding hydrogens is 335 g/mol. The summed E-state index contributed by atoms with van der Waals surface area (Å²) in [6.45, 7) is 1.61. The van der Waals surface area contributed by atoms with Gasteiger partial charge < -0.3 is 10.1 Å². The van der Waals surface area contributed by atoms with E-state index in [4.69, 9.17) is 40.5 Å². The largest absolute Gasteiger partial charge is 0.481 e. The molecule has 2 rings (SSSR count). The number of benzene rings is 1. The summed E-state index contributed by atoms with van der Waals surface area (Å²) in [4.78, 5) is 26.2. The Labute approximate surface area is 134 Å². The summed E-state index contributed by atoms with van der Waals surface area (Å²) >= 11 is 16.9. The Morgan fingerprint density at radius 2 is 2.05 bits per heavy atom. The number of carbonyl (C=O) groups is 1. The molecule has 0 unspecified atom stereocenters. The van der Waals surface area contributed by atoms with Gasteiger partial charge in [-0.2, -0.15) is 0 Å². The van der Waals surface area contributed by atoms with Crippen molar-refractivity contribution in [1.82, 2.24) is 9.55 Å². The zero-order valence-electron chi connectivity index (χ0n) is 10.8. The van der Waals surface area contributed by atoms with Gasteiger partial charge in [-0.05, 0) is 37.3 Å². The SMILES string of the molecule is Cc1[nH]c(=S)n(-c2ccc(Cl)c(Cl)c2)c(=O)c1CC(=O)O. The zero-order valence-corrected chi connectivity index (χ0v) is 13.1. The smallest absolute Gasteiger partial charge is 0.308 e. The molecule has 1 heterocycles. The molecule has 0 atom stereocenters. The Balaban J connectivity index is 2.74. The van der Waals surface area contributed by atoms with Crippen molar-refractivity contribution in [3.8, 4) is 5.69 Å². The summed E-state index contributed by atoms with van der Waals surface area (Å²) < 4.78 is 1.35. The second-order valence-corrected chi connectivity index (χ2v) is 5.54. The van der Waals surface area contributed by atoms with Crippen molar-refractivity contribution >= 4 is 41.4 Å². The average molecular weight is 345 g/mol. The van der Waals surface area contributed by atoms with Gasteiger partial charge in [0, 0.05) is 11.3 Å². The maximum Gasteiger partial charge on any atom is 0.308 e. The maximum absolute atomic E-state index is 12.5. The molecule has 0 aliphatic heterocycles. The fourth-order valence-corrected chi connectivity index (χ4v) is 2.53. The maximum atomic E-state index is 12.5. The summed E-state index contributed by atoms with van der Waals surface area (Å²) in [6, 6.07) is 4.62. The number of aryl methyl sites for hydroxylation is 1. The van der Waals surface area contributed by atoms with Gasteiger partial charge in [0.05, 0.1) is 22.2 Å². The predicted octanol–water partition coefficient (Wildman–Crippen LogP) is 3.14. The van der Waals surface area contributed by atoms with E-state index in [2.05, 4.69) is 4.98 Å². The van der Waals surface area contributed by atoms with E-state index in [0.29, 0.717) is 16.4 Å². The van der Waals surface area contributed by atoms with Crippen molar-refractivity contribution in [3.05, 3.63) is 54.6 Å². The Hall–Kier alpha value is -1.63. The van der Waals surface area contributed by atoms with Crippen molar-refractivity contribution in [2.24, 2.45) is 0 Å². The predicted molar refractivity (Wildman–Crippen MR) is 83.3 cm³/mol. The third kappa shape index (κ3) is 3.18. The van der Waals surface area contributed by atoms with Gasteiger partial charge in [0.1, 0.15) is 0 Å². The number of rotatable bonds is 3. The van der Waals surface area contributed by atoms with Crippen LogP contribution in [-0.2, 0) is 11.2 Å². The van der Waals surface area contributed by atoms with Gasteiger partial charge in [0.25, 0.3) is 5.56 Å². The first-order chi connectivity index (χ1) is 9.81. The van der Waals surface area contributed by atoms with Crippen molar-refractivity contribution in [2.45, 2.75) is 13.3 Å². The van der Waals surface area contributed by atoms with Crippen LogP contribution in [0.2, 0.25) is 10.0 Å². The number of carboxylic acid groups (broad SMARTS) is 1. The van der Waals surface area contributed by atoms with E-state index in [1.807, 2.05) is 0 Å². The van der Waals surface area contributed by atoms with Gasteiger partial charge in [0.15, 0.2) is 4.77 Å². The molecule has 0 fully saturated rings. The molecule has 0 bridgehead atoms. The summed E-state index contributed by atoms with van der Waals surface area (Å²) in [5.41, 5.74) is 0.505. The quantitative estimate of drug-likeness (QED) is 0.838. The molecule has 0 spiro atoms. The molecule has 0 aliphatic rings. The monoisotopic (exact) mass is 344 g/mol. The minimum atomic E-state index is -1.10. The fourth-order valence-electron chi connectivity index (χ4n) is 1.90. The fraction of sp³-hybridized carbons (Fsp3) is 0.154. The normalized spacial score (nSPS) is 10.6. The van der Waals surface area contributed by atoms with Gasteiger partial charge in [0.2, 0.25) is 0 Å². The van der Waals surface area contributed by atoms with Crippen LogP contribution < -0.4 is 5.56 Å². The Bertz CT molecular complexity index is 842. The standard InChI is InChI=1S/C13H10Cl2N2O3S/c1-6-8(5-11(18)19)12(20)17(13(21)16-6)7-2-3-9(14)10(15)4-7/h2-4H,5H2,1H3,(H,16,21)(H,18,19). The Morgan fingerprint density at radius 3 is 2.62 bits per heavy atom. The van der Waals surface area contributed by atoms with Crippen LogP contribution in [0.25, 0.3) is 5.69 Å². The number of halogens is 2. The van der Waals surface area contributed by atoms with Crippen LogP contribution >= 0.6 is 35.4 Å². The number of nitrogens with one attached hydrogen (secondary N) is 1. The molecule has 5 nitrogen and oxygen atoms in total. The van der Waals surface area contributed by atoms with Gasteiger partial charge >= 0.3 is 5.97 Å². The molecule has 1 aromatic heterocycles. The highest BCUT2D eigenvalue weighted by Crippen LogP contribution is 2.24.